The molecule has 1 aromatic rings. The topological polar surface area (TPSA) is 65.5 Å². The van der Waals surface area contributed by atoms with Crippen molar-refractivity contribution in [2.45, 2.75) is 26.4 Å². The van der Waals surface area contributed by atoms with Gasteiger partial charge in [0.25, 0.3) is 0 Å². The third-order valence-corrected chi connectivity index (χ3v) is 2.60. The third kappa shape index (κ3) is 4.33. The second-order valence-corrected chi connectivity index (χ2v) is 4.33. The van der Waals surface area contributed by atoms with Gasteiger partial charge in [0.1, 0.15) is 5.82 Å². The number of amides is 1. The standard InChI is InChI=1S/C13H21N3O2/c1-4-7-14-13(18)9-16(3)12-6-5-11(8-15-12)10(2)17/h5-6,8,10,17H,4,7,9H2,1-3H3,(H,14,18)/t10-/m1/s1. The van der Waals surface area contributed by atoms with Crippen molar-refractivity contribution in [2.24, 2.45) is 0 Å². The van der Waals surface area contributed by atoms with E-state index < -0.39 is 6.10 Å². The number of hydrogen-bond donors (Lipinski definition) is 2. The maximum atomic E-state index is 11.5. The van der Waals surface area contributed by atoms with Crippen molar-refractivity contribution >= 4 is 11.7 Å². The van der Waals surface area contributed by atoms with Gasteiger partial charge >= 0.3 is 0 Å². The molecule has 0 radical (unpaired) electrons. The molecule has 1 aromatic heterocycles. The fourth-order valence-corrected chi connectivity index (χ4v) is 1.49. The lowest BCUT2D eigenvalue weighted by molar-refractivity contribution is -0.119. The van der Waals surface area contributed by atoms with E-state index in [0.29, 0.717) is 12.4 Å². The van der Waals surface area contributed by atoms with E-state index in [2.05, 4.69) is 10.3 Å². The Morgan fingerprint density at radius 3 is 2.78 bits per heavy atom. The zero-order valence-electron chi connectivity index (χ0n) is 11.2. The number of nitrogens with one attached hydrogen (secondary N) is 1. The Kier molecular flexibility index (Phi) is 5.58. The van der Waals surface area contributed by atoms with Gasteiger partial charge in [0.15, 0.2) is 0 Å². The summed E-state index contributed by atoms with van der Waals surface area (Å²) < 4.78 is 0. The van der Waals surface area contributed by atoms with E-state index in [9.17, 15) is 9.90 Å². The van der Waals surface area contributed by atoms with Crippen molar-refractivity contribution in [1.82, 2.24) is 10.3 Å². The van der Waals surface area contributed by atoms with Gasteiger partial charge in [0, 0.05) is 19.8 Å². The molecule has 0 saturated heterocycles. The molecule has 2 N–H and O–H groups in total. The highest BCUT2D eigenvalue weighted by Gasteiger charge is 2.08. The maximum Gasteiger partial charge on any atom is 0.239 e. The summed E-state index contributed by atoms with van der Waals surface area (Å²) in [7, 11) is 1.82. The third-order valence-electron chi connectivity index (χ3n) is 2.60. The molecule has 0 bridgehead atoms. The van der Waals surface area contributed by atoms with Crippen LogP contribution < -0.4 is 10.2 Å². The van der Waals surface area contributed by atoms with Gasteiger partial charge in [-0.3, -0.25) is 4.79 Å². The maximum absolute atomic E-state index is 11.5. The normalized spacial score (nSPS) is 12.0. The summed E-state index contributed by atoms with van der Waals surface area (Å²) in [4.78, 5) is 17.5. The SMILES string of the molecule is CCCNC(=O)CN(C)c1ccc([C@@H](C)O)cn1. The predicted octanol–water partition coefficient (Wildman–Crippen LogP) is 1.10. The smallest absolute Gasteiger partial charge is 0.239 e. The molecule has 18 heavy (non-hydrogen) atoms. The van der Waals surface area contributed by atoms with E-state index in [0.717, 1.165) is 12.0 Å². The van der Waals surface area contributed by atoms with Crippen LogP contribution in [0.15, 0.2) is 18.3 Å². The molecule has 0 spiro atoms. The van der Waals surface area contributed by atoms with Crippen molar-refractivity contribution < 1.29 is 9.90 Å². The highest BCUT2D eigenvalue weighted by molar-refractivity contribution is 5.80. The number of likely N-dealkylation sites (N-methyl/N-ethyl adjacent to an activating group) is 1. The highest BCUT2D eigenvalue weighted by atomic mass is 16.3. The molecule has 0 aliphatic heterocycles. The molecular formula is C13H21N3O2. The Morgan fingerprint density at radius 1 is 1.56 bits per heavy atom. The average molecular weight is 251 g/mol. The zero-order valence-corrected chi connectivity index (χ0v) is 11.2. The van der Waals surface area contributed by atoms with Crippen LogP contribution in [0.1, 0.15) is 31.9 Å². The highest BCUT2D eigenvalue weighted by Crippen LogP contribution is 2.14. The number of hydrogen-bond acceptors (Lipinski definition) is 4. The number of carbonyl (C=O) groups is 1. The summed E-state index contributed by atoms with van der Waals surface area (Å²) in [5, 5.41) is 12.2. The molecule has 0 aliphatic carbocycles. The number of aromatic nitrogens is 1. The van der Waals surface area contributed by atoms with Crippen LogP contribution in [0.4, 0.5) is 5.82 Å². The Hall–Kier alpha value is -1.62. The van der Waals surface area contributed by atoms with E-state index in [1.165, 1.54) is 0 Å². The van der Waals surface area contributed by atoms with Crippen LogP contribution in [0.5, 0.6) is 0 Å². The molecule has 1 amide bonds. The lowest BCUT2D eigenvalue weighted by Crippen LogP contribution is -2.35. The van der Waals surface area contributed by atoms with Crippen LogP contribution in [0.3, 0.4) is 0 Å². The Balaban J connectivity index is 2.56. The van der Waals surface area contributed by atoms with Gasteiger partial charge in [0.05, 0.1) is 12.6 Å². The monoisotopic (exact) mass is 251 g/mol. The van der Waals surface area contributed by atoms with Gasteiger partial charge in [-0.1, -0.05) is 13.0 Å². The van der Waals surface area contributed by atoms with Crippen molar-refractivity contribution in [2.75, 3.05) is 25.0 Å². The Morgan fingerprint density at radius 2 is 2.28 bits per heavy atom. The molecule has 100 valence electrons. The predicted molar refractivity (Wildman–Crippen MR) is 71.4 cm³/mol. The van der Waals surface area contributed by atoms with Crippen molar-refractivity contribution in [1.29, 1.82) is 0 Å². The number of aliphatic hydroxyl groups is 1. The number of nitrogens with zero attached hydrogens (tertiary/aromatic N) is 2. The largest absolute Gasteiger partial charge is 0.389 e. The lowest BCUT2D eigenvalue weighted by atomic mass is 10.2. The van der Waals surface area contributed by atoms with E-state index >= 15 is 0 Å². The lowest BCUT2D eigenvalue weighted by Gasteiger charge is -2.18. The van der Waals surface area contributed by atoms with Gasteiger partial charge in [-0.25, -0.2) is 4.98 Å². The average Bonchev–Trinajstić information content (AvgIpc) is 2.36. The van der Waals surface area contributed by atoms with E-state index in [1.807, 2.05) is 20.0 Å². The van der Waals surface area contributed by atoms with Gasteiger partial charge in [0.2, 0.25) is 5.91 Å². The van der Waals surface area contributed by atoms with Gasteiger partial charge < -0.3 is 15.3 Å². The fourth-order valence-electron chi connectivity index (χ4n) is 1.49. The van der Waals surface area contributed by atoms with Gasteiger partial charge in [-0.15, -0.1) is 0 Å². The van der Waals surface area contributed by atoms with Crippen molar-refractivity contribution in [3.63, 3.8) is 0 Å². The van der Waals surface area contributed by atoms with Crippen molar-refractivity contribution in [3.05, 3.63) is 23.9 Å². The van der Waals surface area contributed by atoms with E-state index in [1.54, 1.807) is 24.1 Å². The summed E-state index contributed by atoms with van der Waals surface area (Å²) in [6, 6.07) is 3.61. The Bertz CT molecular complexity index is 376. The summed E-state index contributed by atoms with van der Waals surface area (Å²) in [5.41, 5.74) is 0.766. The number of aliphatic hydroxyl groups excluding tert-OH is 1. The minimum absolute atomic E-state index is 0.0132. The second kappa shape index (κ2) is 6.96. The van der Waals surface area contributed by atoms with Crippen LogP contribution in [0.25, 0.3) is 0 Å². The molecule has 0 unspecified atom stereocenters. The molecule has 5 heteroatoms. The number of rotatable bonds is 6. The molecule has 0 aliphatic rings. The molecule has 0 saturated carbocycles. The van der Waals surface area contributed by atoms with Crippen LogP contribution in [-0.2, 0) is 4.79 Å². The molecule has 1 rings (SSSR count). The first kappa shape index (κ1) is 14.4. The number of carbonyl (C=O) groups excluding carboxylic acids is 1. The quantitative estimate of drug-likeness (QED) is 0.794. The second-order valence-electron chi connectivity index (χ2n) is 4.33. The van der Waals surface area contributed by atoms with Crippen LogP contribution >= 0.6 is 0 Å². The number of anilines is 1. The zero-order chi connectivity index (χ0) is 13.5. The minimum atomic E-state index is -0.523. The van der Waals surface area contributed by atoms with Crippen molar-refractivity contribution in [3.8, 4) is 0 Å². The molecular weight excluding hydrogens is 230 g/mol. The van der Waals surface area contributed by atoms with Gasteiger partial charge in [-0.2, -0.15) is 0 Å². The molecule has 1 atom stereocenters. The minimum Gasteiger partial charge on any atom is -0.389 e. The van der Waals surface area contributed by atoms with E-state index in [4.69, 9.17) is 0 Å². The molecule has 1 heterocycles. The first-order valence-electron chi connectivity index (χ1n) is 6.16. The van der Waals surface area contributed by atoms with Gasteiger partial charge in [-0.05, 0) is 25.0 Å². The molecule has 5 nitrogen and oxygen atoms in total. The summed E-state index contributed by atoms with van der Waals surface area (Å²) in [6.45, 7) is 4.68. The summed E-state index contributed by atoms with van der Waals surface area (Å²) in [5.74, 6) is 0.701. The van der Waals surface area contributed by atoms with Crippen LogP contribution in [-0.4, -0.2) is 36.1 Å². The first-order chi connectivity index (χ1) is 8.54. The Labute approximate surface area is 108 Å². The number of pyridine rings is 1. The fraction of sp³-hybridized carbons (Fsp3) is 0.538. The van der Waals surface area contributed by atoms with Crippen LogP contribution in [0.2, 0.25) is 0 Å². The molecule has 0 aromatic carbocycles. The van der Waals surface area contributed by atoms with E-state index in [-0.39, 0.29) is 12.5 Å². The first-order valence-corrected chi connectivity index (χ1v) is 6.16. The van der Waals surface area contributed by atoms with Crippen LogP contribution in [0, 0.1) is 0 Å². The summed E-state index contributed by atoms with van der Waals surface area (Å²) in [6.07, 6.45) is 2.03. The molecule has 0 fully saturated rings. The summed E-state index contributed by atoms with van der Waals surface area (Å²) >= 11 is 0.